The topological polar surface area (TPSA) is 345 Å². The molecule has 0 aliphatic heterocycles. The van der Waals surface area contributed by atoms with Crippen molar-refractivity contribution in [3.8, 4) is 0 Å². The van der Waals surface area contributed by atoms with Crippen LogP contribution >= 0.6 is 0 Å². The summed E-state index contributed by atoms with van der Waals surface area (Å²) in [5, 5.41) is 40.8. The van der Waals surface area contributed by atoms with Crippen LogP contribution in [0.25, 0.3) is 0 Å². The van der Waals surface area contributed by atoms with Crippen molar-refractivity contribution in [2.75, 3.05) is 6.61 Å². The predicted octanol–water partition coefficient (Wildman–Crippen LogP) is -3.14. The quantitative estimate of drug-likeness (QED) is 0.125. The fraction of sp³-hybridized carbons (Fsp3) is 0.600. The van der Waals surface area contributed by atoms with Crippen molar-refractivity contribution in [1.29, 1.82) is 0 Å². The SMILES string of the molecule is CC(C)C[C@H](N)C(=O)O.NC(=O)CC[C@H](N)C(=O)O.N[C@@H](CO)C(=O)O.N[C@@H](Cc1c[nH]cn1)C(=O)O. The molecule has 1 aromatic rings. The van der Waals surface area contributed by atoms with Gasteiger partial charge in [0.1, 0.15) is 24.2 Å². The van der Waals surface area contributed by atoms with E-state index >= 15 is 0 Å². The molecule has 0 aliphatic carbocycles. The molecule has 0 saturated carbocycles. The first kappa shape index (κ1) is 37.9. The monoisotopic (exact) mass is 537 g/mol. The molecule has 1 aromatic heterocycles. The number of imidazole rings is 1. The van der Waals surface area contributed by atoms with E-state index in [0.29, 0.717) is 18.0 Å². The molecule has 0 aliphatic rings. The summed E-state index contributed by atoms with van der Waals surface area (Å²) >= 11 is 0. The summed E-state index contributed by atoms with van der Waals surface area (Å²) in [6.45, 7) is 3.39. The summed E-state index contributed by atoms with van der Waals surface area (Å²) < 4.78 is 0. The molecule has 37 heavy (non-hydrogen) atoms. The number of aliphatic carboxylic acids is 4. The molecule has 17 nitrogen and oxygen atoms in total. The van der Waals surface area contributed by atoms with Gasteiger partial charge in [-0.05, 0) is 18.8 Å². The maximum absolute atomic E-state index is 10.3. The van der Waals surface area contributed by atoms with E-state index in [9.17, 15) is 24.0 Å². The van der Waals surface area contributed by atoms with E-state index in [1.54, 1.807) is 6.20 Å². The first-order valence-electron chi connectivity index (χ1n) is 10.8. The van der Waals surface area contributed by atoms with Crippen LogP contribution in [0.15, 0.2) is 12.5 Å². The zero-order valence-electron chi connectivity index (χ0n) is 20.7. The molecule has 1 amide bonds. The molecule has 0 unspecified atom stereocenters. The zero-order valence-corrected chi connectivity index (χ0v) is 20.7. The number of carboxylic acids is 4. The van der Waals surface area contributed by atoms with Crippen LogP contribution in [0.5, 0.6) is 0 Å². The lowest BCUT2D eigenvalue weighted by Gasteiger charge is -2.07. The van der Waals surface area contributed by atoms with Crippen molar-refractivity contribution in [2.24, 2.45) is 34.6 Å². The molecule has 0 bridgehead atoms. The van der Waals surface area contributed by atoms with Gasteiger partial charge < -0.3 is 59.2 Å². The number of primary amides is 1. The third kappa shape index (κ3) is 25.3. The number of carbonyl (C=O) groups is 5. The van der Waals surface area contributed by atoms with Gasteiger partial charge in [-0.2, -0.15) is 0 Å². The average molecular weight is 538 g/mol. The Labute approximate surface area is 213 Å². The number of H-pyrrole nitrogens is 1. The van der Waals surface area contributed by atoms with E-state index in [1.807, 2.05) is 13.8 Å². The number of nitrogens with zero attached hydrogens (tertiary/aromatic N) is 1. The Morgan fingerprint density at radius 2 is 1.30 bits per heavy atom. The number of rotatable bonds is 12. The van der Waals surface area contributed by atoms with Gasteiger partial charge in [0.15, 0.2) is 0 Å². The van der Waals surface area contributed by atoms with E-state index in [-0.39, 0.29) is 19.3 Å². The first-order valence-corrected chi connectivity index (χ1v) is 10.8. The van der Waals surface area contributed by atoms with Gasteiger partial charge in [-0.3, -0.25) is 24.0 Å². The summed E-state index contributed by atoms with van der Waals surface area (Å²) in [4.78, 5) is 56.7. The van der Waals surface area contributed by atoms with Crippen LogP contribution in [0.1, 0.15) is 38.8 Å². The molecule has 16 N–H and O–H groups in total. The van der Waals surface area contributed by atoms with Crippen molar-refractivity contribution in [1.82, 2.24) is 9.97 Å². The Morgan fingerprint density at radius 3 is 1.54 bits per heavy atom. The van der Waals surface area contributed by atoms with Gasteiger partial charge in [0, 0.05) is 19.0 Å². The third-order valence-corrected chi connectivity index (χ3v) is 3.88. The highest BCUT2D eigenvalue weighted by atomic mass is 16.4. The number of aliphatic hydroxyl groups excluding tert-OH is 1. The van der Waals surface area contributed by atoms with Crippen molar-refractivity contribution < 1.29 is 49.5 Å². The largest absolute Gasteiger partial charge is 0.480 e. The van der Waals surface area contributed by atoms with Crippen LogP contribution in [0, 0.1) is 5.92 Å². The lowest BCUT2D eigenvalue weighted by Crippen LogP contribution is -2.33. The fourth-order valence-corrected chi connectivity index (χ4v) is 1.82. The molecule has 0 spiro atoms. The summed E-state index contributed by atoms with van der Waals surface area (Å²) in [6, 6.07) is -3.66. The van der Waals surface area contributed by atoms with E-state index in [4.69, 9.17) is 54.2 Å². The van der Waals surface area contributed by atoms with E-state index in [2.05, 4.69) is 9.97 Å². The fourth-order valence-electron chi connectivity index (χ4n) is 1.82. The Balaban J connectivity index is -0.000000422. The number of amides is 1. The zero-order chi connectivity index (χ0) is 29.7. The standard InChI is InChI=1S/C6H9N3O2.C6H13NO2.C5H10N2O3.C3H7NO3/c7-5(6(10)11)1-4-2-8-3-9-4;1-4(2)3-5(7)6(8)9;6-3(5(9)10)1-2-4(7)8;4-2(1-5)3(6)7/h2-3,5H,1,7H2,(H,8,9)(H,10,11);4-5H,3,7H2,1-2H3,(H,8,9);3H,1-2,6H2,(H2,7,8)(H,9,10);2,5H,1,4H2,(H,6,7)/t2*5-;3-;2-/m0000/s1. The van der Waals surface area contributed by atoms with Gasteiger partial charge >= 0.3 is 23.9 Å². The van der Waals surface area contributed by atoms with Crippen LogP contribution in [0.2, 0.25) is 0 Å². The van der Waals surface area contributed by atoms with E-state index in [1.165, 1.54) is 6.33 Å². The molecule has 4 atom stereocenters. The minimum absolute atomic E-state index is 0.0213. The molecule has 0 aromatic carbocycles. The number of hydrogen-bond acceptors (Lipinski definition) is 11. The van der Waals surface area contributed by atoms with Gasteiger partial charge in [0.2, 0.25) is 5.91 Å². The number of aromatic amines is 1. The minimum atomic E-state index is -1.18. The molecular formula is C20H39N7O10. The second-order valence-corrected chi connectivity index (χ2v) is 7.86. The molecule has 1 heterocycles. The summed E-state index contributed by atoms with van der Waals surface area (Å²) in [7, 11) is 0. The van der Waals surface area contributed by atoms with Crippen LogP contribution < -0.4 is 28.7 Å². The first-order chi connectivity index (χ1) is 17.0. The van der Waals surface area contributed by atoms with Gasteiger partial charge in [0.25, 0.3) is 0 Å². The number of aromatic nitrogens is 2. The number of nitrogens with two attached hydrogens (primary N) is 5. The van der Waals surface area contributed by atoms with Crippen LogP contribution in [0.4, 0.5) is 0 Å². The molecule has 17 heteroatoms. The lowest BCUT2D eigenvalue weighted by molar-refractivity contribution is -0.140. The molecule has 0 saturated heterocycles. The Bertz CT molecular complexity index is 805. The van der Waals surface area contributed by atoms with E-state index in [0.717, 1.165) is 0 Å². The van der Waals surface area contributed by atoms with Gasteiger partial charge in [0.05, 0.1) is 18.6 Å². The Kier molecular flexibility index (Phi) is 22.2. The summed E-state index contributed by atoms with van der Waals surface area (Å²) in [6.07, 6.45) is 4.05. The Hall–Kier alpha value is -3.64. The average Bonchev–Trinajstić information content (AvgIpc) is 3.30. The smallest absolute Gasteiger partial charge is 0.322 e. The van der Waals surface area contributed by atoms with Crippen LogP contribution in [-0.4, -0.2) is 96.1 Å². The maximum Gasteiger partial charge on any atom is 0.322 e. The van der Waals surface area contributed by atoms with E-state index < -0.39 is 60.6 Å². The van der Waals surface area contributed by atoms with Crippen LogP contribution in [-0.2, 0) is 30.4 Å². The molecule has 214 valence electrons. The number of aliphatic hydroxyl groups is 1. The van der Waals surface area contributed by atoms with Gasteiger partial charge in [-0.1, -0.05) is 13.8 Å². The number of carboxylic acid groups (broad SMARTS) is 4. The molecule has 0 radical (unpaired) electrons. The molecule has 1 rings (SSSR count). The minimum Gasteiger partial charge on any atom is -0.480 e. The predicted molar refractivity (Wildman–Crippen MR) is 130 cm³/mol. The second kappa shape index (κ2) is 21.6. The van der Waals surface area contributed by atoms with Crippen molar-refractivity contribution in [3.63, 3.8) is 0 Å². The summed E-state index contributed by atoms with van der Waals surface area (Å²) in [5.41, 5.74) is 25.7. The number of carbonyl (C=O) groups excluding carboxylic acids is 1. The highest BCUT2D eigenvalue weighted by Gasteiger charge is 2.13. The molecule has 0 fully saturated rings. The van der Waals surface area contributed by atoms with Crippen LogP contribution in [0.3, 0.4) is 0 Å². The number of hydrogen-bond donors (Lipinski definition) is 11. The maximum atomic E-state index is 10.3. The van der Waals surface area contributed by atoms with Crippen molar-refractivity contribution in [3.05, 3.63) is 18.2 Å². The third-order valence-electron chi connectivity index (χ3n) is 3.88. The van der Waals surface area contributed by atoms with Gasteiger partial charge in [-0.25, -0.2) is 4.98 Å². The normalized spacial score (nSPS) is 13.1. The Morgan fingerprint density at radius 1 is 0.838 bits per heavy atom. The second-order valence-electron chi connectivity index (χ2n) is 7.86. The summed E-state index contributed by atoms with van der Waals surface area (Å²) in [5.74, 6) is -4.38. The number of nitrogens with one attached hydrogen (secondary N) is 1. The van der Waals surface area contributed by atoms with Crippen molar-refractivity contribution >= 4 is 29.8 Å². The van der Waals surface area contributed by atoms with Gasteiger partial charge in [-0.15, -0.1) is 0 Å². The lowest BCUT2D eigenvalue weighted by atomic mass is 10.1. The highest BCUT2D eigenvalue weighted by molar-refractivity contribution is 5.77. The van der Waals surface area contributed by atoms with Crippen molar-refractivity contribution in [2.45, 2.75) is 63.7 Å². The molecular weight excluding hydrogens is 498 g/mol. The highest BCUT2D eigenvalue weighted by Crippen LogP contribution is 2.01.